The van der Waals surface area contributed by atoms with E-state index in [1.807, 2.05) is 17.8 Å². The molecule has 1 fully saturated rings. The van der Waals surface area contributed by atoms with Crippen LogP contribution in [0.3, 0.4) is 0 Å². The molecule has 1 aromatic heterocycles. The molecule has 1 saturated heterocycles. The van der Waals surface area contributed by atoms with Crippen molar-refractivity contribution >= 4 is 33.1 Å². The third-order valence-electron chi connectivity index (χ3n) is 3.54. The third kappa shape index (κ3) is 3.34. The molecule has 0 saturated carbocycles. The lowest BCUT2D eigenvalue weighted by molar-refractivity contribution is 0.428. The number of benzene rings is 1. The summed E-state index contributed by atoms with van der Waals surface area (Å²) < 4.78 is 26.9. The molecule has 0 radical (unpaired) electrons. The van der Waals surface area contributed by atoms with E-state index >= 15 is 0 Å². The van der Waals surface area contributed by atoms with Crippen LogP contribution in [0.15, 0.2) is 52.7 Å². The molecule has 21 heavy (non-hydrogen) atoms. The minimum absolute atomic E-state index is 0.393. The SMILES string of the molecule is O=S(=O)(c1ccccc1)N1CCS[C@@H](c2cccs2)CC1. The summed E-state index contributed by atoms with van der Waals surface area (Å²) in [6.07, 6.45) is 0.872. The molecule has 0 aliphatic carbocycles. The van der Waals surface area contributed by atoms with E-state index in [0.29, 0.717) is 23.2 Å². The summed E-state index contributed by atoms with van der Waals surface area (Å²) in [4.78, 5) is 1.74. The van der Waals surface area contributed by atoms with Gasteiger partial charge in [0.2, 0.25) is 10.0 Å². The molecule has 0 N–H and O–H groups in total. The highest BCUT2D eigenvalue weighted by atomic mass is 32.2. The summed E-state index contributed by atoms with van der Waals surface area (Å²) >= 11 is 3.62. The fraction of sp³-hybridized carbons (Fsp3) is 0.333. The monoisotopic (exact) mass is 339 g/mol. The average Bonchev–Trinajstić information content (AvgIpc) is 2.92. The van der Waals surface area contributed by atoms with Crippen LogP contribution in [0.1, 0.15) is 16.5 Å². The zero-order valence-electron chi connectivity index (χ0n) is 11.5. The van der Waals surface area contributed by atoms with Crippen molar-refractivity contribution in [3.8, 4) is 0 Å². The van der Waals surface area contributed by atoms with Gasteiger partial charge in [-0.3, -0.25) is 0 Å². The van der Waals surface area contributed by atoms with Crippen LogP contribution < -0.4 is 0 Å². The van der Waals surface area contributed by atoms with E-state index in [1.165, 1.54) is 4.88 Å². The van der Waals surface area contributed by atoms with Gasteiger partial charge in [0.25, 0.3) is 0 Å². The lowest BCUT2D eigenvalue weighted by Gasteiger charge is -2.19. The molecule has 0 bridgehead atoms. The van der Waals surface area contributed by atoms with Crippen LogP contribution in [0.4, 0.5) is 0 Å². The Bertz CT molecular complexity index is 668. The molecule has 3 nitrogen and oxygen atoms in total. The number of thiophene rings is 1. The highest BCUT2D eigenvalue weighted by Gasteiger charge is 2.28. The van der Waals surface area contributed by atoms with E-state index < -0.39 is 10.0 Å². The Kier molecular flexibility index (Phi) is 4.69. The first kappa shape index (κ1) is 15.1. The second-order valence-corrected chi connectivity index (χ2v) is 9.11. The van der Waals surface area contributed by atoms with Crippen LogP contribution in [0.25, 0.3) is 0 Å². The molecule has 112 valence electrons. The second-order valence-electron chi connectivity index (χ2n) is 4.88. The molecule has 0 spiro atoms. The predicted molar refractivity (Wildman–Crippen MR) is 89.3 cm³/mol. The van der Waals surface area contributed by atoms with Crippen molar-refractivity contribution in [2.75, 3.05) is 18.8 Å². The van der Waals surface area contributed by atoms with Crippen molar-refractivity contribution in [2.24, 2.45) is 0 Å². The normalized spacial score (nSPS) is 21.0. The molecular formula is C15H17NO2S3. The van der Waals surface area contributed by atoms with Crippen LogP contribution in [0.5, 0.6) is 0 Å². The van der Waals surface area contributed by atoms with Crippen LogP contribution in [-0.4, -0.2) is 31.6 Å². The second kappa shape index (κ2) is 6.52. The van der Waals surface area contributed by atoms with Crippen LogP contribution in [0.2, 0.25) is 0 Å². The van der Waals surface area contributed by atoms with E-state index in [9.17, 15) is 8.42 Å². The largest absolute Gasteiger partial charge is 0.243 e. The third-order valence-corrected chi connectivity index (χ3v) is 7.90. The summed E-state index contributed by atoms with van der Waals surface area (Å²) in [5.41, 5.74) is 0. The first-order chi connectivity index (χ1) is 10.2. The Hall–Kier alpha value is -0.820. The fourth-order valence-electron chi connectivity index (χ4n) is 2.43. The van der Waals surface area contributed by atoms with Gasteiger partial charge in [0.15, 0.2) is 0 Å². The highest BCUT2D eigenvalue weighted by molar-refractivity contribution is 7.99. The van der Waals surface area contributed by atoms with Crippen molar-refractivity contribution in [3.05, 3.63) is 52.7 Å². The van der Waals surface area contributed by atoms with Gasteiger partial charge in [-0.15, -0.1) is 11.3 Å². The summed E-state index contributed by atoms with van der Waals surface area (Å²) in [7, 11) is -3.35. The first-order valence-electron chi connectivity index (χ1n) is 6.88. The lowest BCUT2D eigenvalue weighted by atomic mass is 10.2. The fourth-order valence-corrected chi connectivity index (χ4v) is 6.26. The molecule has 1 aliphatic heterocycles. The van der Waals surface area contributed by atoms with E-state index in [0.717, 1.165) is 12.2 Å². The average molecular weight is 340 g/mol. The minimum Gasteiger partial charge on any atom is -0.207 e. The quantitative estimate of drug-likeness (QED) is 0.857. The maximum Gasteiger partial charge on any atom is 0.243 e. The number of sulfonamides is 1. The molecule has 0 unspecified atom stereocenters. The summed E-state index contributed by atoms with van der Waals surface area (Å²) in [6.45, 7) is 1.18. The number of thioether (sulfide) groups is 1. The van der Waals surface area contributed by atoms with Gasteiger partial charge in [-0.25, -0.2) is 8.42 Å². The molecule has 3 rings (SSSR count). The van der Waals surface area contributed by atoms with Crippen molar-refractivity contribution < 1.29 is 8.42 Å². The molecule has 1 aliphatic rings. The van der Waals surface area contributed by atoms with Crippen LogP contribution in [-0.2, 0) is 10.0 Å². The predicted octanol–water partition coefficient (Wildman–Crippen LogP) is 3.62. The van der Waals surface area contributed by atoms with E-state index in [2.05, 4.69) is 17.5 Å². The summed E-state index contributed by atoms with van der Waals surface area (Å²) in [5, 5.41) is 2.50. The van der Waals surface area contributed by atoms with E-state index in [1.54, 1.807) is 39.9 Å². The van der Waals surface area contributed by atoms with Gasteiger partial charge >= 0.3 is 0 Å². The maximum absolute atomic E-state index is 12.7. The number of hydrogen-bond donors (Lipinski definition) is 0. The Morgan fingerprint density at radius 1 is 1.05 bits per heavy atom. The Morgan fingerprint density at radius 3 is 2.57 bits per heavy atom. The molecule has 1 atom stereocenters. The van der Waals surface area contributed by atoms with Gasteiger partial charge < -0.3 is 0 Å². The molecule has 0 amide bonds. The number of rotatable bonds is 3. The van der Waals surface area contributed by atoms with Crippen molar-refractivity contribution in [1.82, 2.24) is 4.31 Å². The highest BCUT2D eigenvalue weighted by Crippen LogP contribution is 2.37. The van der Waals surface area contributed by atoms with Gasteiger partial charge in [0, 0.05) is 29.0 Å². The van der Waals surface area contributed by atoms with Gasteiger partial charge in [-0.2, -0.15) is 16.1 Å². The molecule has 1 aromatic carbocycles. The van der Waals surface area contributed by atoms with E-state index in [4.69, 9.17) is 0 Å². The van der Waals surface area contributed by atoms with E-state index in [-0.39, 0.29) is 0 Å². The summed E-state index contributed by atoms with van der Waals surface area (Å²) in [6, 6.07) is 12.9. The maximum atomic E-state index is 12.7. The number of nitrogens with zero attached hydrogens (tertiary/aromatic N) is 1. The molecule has 2 heterocycles. The van der Waals surface area contributed by atoms with Gasteiger partial charge in [0.05, 0.1) is 4.90 Å². The Morgan fingerprint density at radius 2 is 1.86 bits per heavy atom. The van der Waals surface area contributed by atoms with Crippen molar-refractivity contribution in [1.29, 1.82) is 0 Å². The molecule has 6 heteroatoms. The van der Waals surface area contributed by atoms with Crippen molar-refractivity contribution in [3.63, 3.8) is 0 Å². The van der Waals surface area contributed by atoms with Gasteiger partial charge in [-0.1, -0.05) is 24.3 Å². The smallest absolute Gasteiger partial charge is 0.207 e. The Labute approximate surface area is 134 Å². The topological polar surface area (TPSA) is 37.4 Å². The number of hydrogen-bond acceptors (Lipinski definition) is 4. The van der Waals surface area contributed by atoms with Crippen molar-refractivity contribution in [2.45, 2.75) is 16.6 Å². The van der Waals surface area contributed by atoms with Gasteiger partial charge in [0.1, 0.15) is 0 Å². The van der Waals surface area contributed by atoms with Crippen LogP contribution in [0, 0.1) is 0 Å². The zero-order valence-corrected chi connectivity index (χ0v) is 14.0. The Balaban J connectivity index is 1.76. The molecule has 2 aromatic rings. The summed E-state index contributed by atoms with van der Waals surface area (Å²) in [5.74, 6) is 0.842. The van der Waals surface area contributed by atoms with Crippen LogP contribution >= 0.6 is 23.1 Å². The van der Waals surface area contributed by atoms with Gasteiger partial charge in [-0.05, 0) is 30.0 Å². The standard InChI is InChI=1S/C15H17NO2S3/c17-21(18,13-5-2-1-3-6-13)16-9-8-15(20-12-10-16)14-7-4-11-19-14/h1-7,11,15H,8-10,12H2/t15-/m1/s1. The lowest BCUT2D eigenvalue weighted by Crippen LogP contribution is -2.33. The first-order valence-corrected chi connectivity index (χ1v) is 10.2. The molecular weight excluding hydrogens is 322 g/mol. The minimum atomic E-state index is -3.35. The zero-order chi connectivity index (χ0) is 14.7.